The molecule has 0 saturated heterocycles. The molecule has 1 aliphatic rings. The van der Waals surface area contributed by atoms with Crippen molar-refractivity contribution in [3.63, 3.8) is 0 Å². The quantitative estimate of drug-likeness (QED) is 0.674. The number of halogens is 3. The Labute approximate surface area is 113 Å². The topological polar surface area (TPSA) is 86.6 Å². The van der Waals surface area contributed by atoms with E-state index in [1.54, 1.807) is 0 Å². The Balaban J connectivity index is 2.46. The standard InChI is InChI=1S/C10H11BF3NO4S/c12-10(13,14)8-5-7(3-4-9(8)11(16)17)20(18,19)15-6-1-2-6/h3-6,15-17H,1-2H2. The highest BCUT2D eigenvalue weighted by Crippen LogP contribution is 2.30. The summed E-state index contributed by atoms with van der Waals surface area (Å²) >= 11 is 0. The molecule has 1 aromatic carbocycles. The first-order valence-corrected chi connectivity index (χ1v) is 7.19. The van der Waals surface area contributed by atoms with Crippen molar-refractivity contribution in [1.29, 1.82) is 0 Å². The smallest absolute Gasteiger partial charge is 0.423 e. The molecule has 2 rings (SSSR count). The molecule has 0 atom stereocenters. The van der Waals surface area contributed by atoms with Crippen molar-refractivity contribution >= 4 is 22.6 Å². The Bertz CT molecular complexity index is 613. The molecule has 0 unspecified atom stereocenters. The van der Waals surface area contributed by atoms with E-state index in [1.165, 1.54) is 0 Å². The van der Waals surface area contributed by atoms with E-state index >= 15 is 0 Å². The van der Waals surface area contributed by atoms with Crippen molar-refractivity contribution in [3.05, 3.63) is 23.8 Å². The van der Waals surface area contributed by atoms with Crippen molar-refractivity contribution in [1.82, 2.24) is 4.72 Å². The molecule has 1 aliphatic carbocycles. The predicted molar refractivity (Wildman–Crippen MR) is 64.6 cm³/mol. The van der Waals surface area contributed by atoms with E-state index in [9.17, 15) is 21.6 Å². The lowest BCUT2D eigenvalue weighted by Gasteiger charge is -2.14. The molecule has 0 heterocycles. The average molecular weight is 309 g/mol. The second kappa shape index (κ2) is 5.03. The summed E-state index contributed by atoms with van der Waals surface area (Å²) in [5.74, 6) is 0. The maximum absolute atomic E-state index is 12.8. The van der Waals surface area contributed by atoms with Crippen LogP contribution in [0, 0.1) is 0 Å². The molecular weight excluding hydrogens is 298 g/mol. The van der Waals surface area contributed by atoms with E-state index in [-0.39, 0.29) is 6.04 Å². The lowest BCUT2D eigenvalue weighted by Crippen LogP contribution is -2.37. The van der Waals surface area contributed by atoms with Gasteiger partial charge in [0.15, 0.2) is 0 Å². The van der Waals surface area contributed by atoms with Crippen LogP contribution in [0.2, 0.25) is 0 Å². The van der Waals surface area contributed by atoms with Gasteiger partial charge < -0.3 is 10.0 Å². The number of hydrogen-bond acceptors (Lipinski definition) is 4. The van der Waals surface area contributed by atoms with Crippen LogP contribution in [-0.2, 0) is 16.2 Å². The van der Waals surface area contributed by atoms with Gasteiger partial charge in [-0.1, -0.05) is 6.07 Å². The van der Waals surface area contributed by atoms with Crippen LogP contribution >= 0.6 is 0 Å². The van der Waals surface area contributed by atoms with E-state index in [1.807, 2.05) is 0 Å². The summed E-state index contributed by atoms with van der Waals surface area (Å²) in [5.41, 5.74) is -2.17. The van der Waals surface area contributed by atoms with Crippen molar-refractivity contribution < 1.29 is 31.6 Å². The Morgan fingerprint density at radius 2 is 1.85 bits per heavy atom. The molecule has 1 aromatic rings. The molecule has 0 amide bonds. The molecule has 10 heteroatoms. The van der Waals surface area contributed by atoms with Gasteiger partial charge in [-0.15, -0.1) is 0 Å². The number of hydrogen-bond donors (Lipinski definition) is 3. The maximum Gasteiger partial charge on any atom is 0.489 e. The van der Waals surface area contributed by atoms with Gasteiger partial charge >= 0.3 is 13.3 Å². The van der Waals surface area contributed by atoms with Crippen LogP contribution in [0.5, 0.6) is 0 Å². The highest BCUT2D eigenvalue weighted by molar-refractivity contribution is 7.89. The van der Waals surface area contributed by atoms with Crippen LogP contribution < -0.4 is 10.2 Å². The fourth-order valence-electron chi connectivity index (χ4n) is 1.66. The van der Waals surface area contributed by atoms with Gasteiger partial charge in [0.2, 0.25) is 10.0 Å². The molecule has 1 saturated carbocycles. The van der Waals surface area contributed by atoms with Crippen LogP contribution in [0.3, 0.4) is 0 Å². The van der Waals surface area contributed by atoms with Gasteiger partial charge in [-0.2, -0.15) is 13.2 Å². The van der Waals surface area contributed by atoms with Crippen LogP contribution in [0.25, 0.3) is 0 Å². The Morgan fingerprint density at radius 3 is 2.30 bits per heavy atom. The molecule has 110 valence electrons. The van der Waals surface area contributed by atoms with Crippen molar-refractivity contribution in [2.24, 2.45) is 0 Å². The first kappa shape index (κ1) is 15.3. The normalized spacial score (nSPS) is 16.2. The van der Waals surface area contributed by atoms with Crippen LogP contribution in [0.1, 0.15) is 18.4 Å². The summed E-state index contributed by atoms with van der Waals surface area (Å²) in [6.07, 6.45) is -3.58. The molecule has 0 aliphatic heterocycles. The minimum atomic E-state index is -4.88. The predicted octanol–water partition coefficient (Wildman–Crippen LogP) is -0.174. The number of alkyl halides is 3. The highest BCUT2D eigenvalue weighted by Gasteiger charge is 2.38. The van der Waals surface area contributed by atoms with Crippen LogP contribution in [-0.4, -0.2) is 31.6 Å². The molecular formula is C10H11BF3NO4S. The third kappa shape index (κ3) is 3.32. The lowest BCUT2D eigenvalue weighted by atomic mass is 9.77. The van der Waals surface area contributed by atoms with E-state index < -0.39 is 39.2 Å². The molecule has 5 nitrogen and oxygen atoms in total. The first-order chi connectivity index (χ1) is 9.11. The van der Waals surface area contributed by atoms with E-state index in [4.69, 9.17) is 10.0 Å². The Kier molecular flexibility index (Phi) is 3.84. The van der Waals surface area contributed by atoms with E-state index in [0.29, 0.717) is 18.9 Å². The molecule has 20 heavy (non-hydrogen) atoms. The zero-order valence-electron chi connectivity index (χ0n) is 10.1. The summed E-state index contributed by atoms with van der Waals surface area (Å²) in [5, 5.41) is 17.8. The molecule has 3 N–H and O–H groups in total. The Morgan fingerprint density at radius 1 is 1.25 bits per heavy atom. The minimum absolute atomic E-state index is 0.238. The number of benzene rings is 1. The number of sulfonamides is 1. The van der Waals surface area contributed by atoms with E-state index in [0.717, 1.165) is 12.1 Å². The number of nitrogens with one attached hydrogen (secondary N) is 1. The second-order valence-electron chi connectivity index (χ2n) is 4.52. The molecule has 1 fully saturated rings. The summed E-state index contributed by atoms with van der Waals surface area (Å²) in [6.45, 7) is 0. The van der Waals surface area contributed by atoms with Gasteiger partial charge in [0.05, 0.1) is 10.5 Å². The number of rotatable bonds is 4. The summed E-state index contributed by atoms with van der Waals surface area (Å²) in [4.78, 5) is -0.555. The maximum atomic E-state index is 12.8. The zero-order chi connectivity index (χ0) is 15.1. The van der Waals surface area contributed by atoms with E-state index in [2.05, 4.69) is 4.72 Å². The largest absolute Gasteiger partial charge is 0.489 e. The zero-order valence-corrected chi connectivity index (χ0v) is 10.9. The molecule has 0 spiro atoms. The average Bonchev–Trinajstić information content (AvgIpc) is 3.10. The van der Waals surface area contributed by atoms with Crippen molar-refractivity contribution in [2.45, 2.75) is 30.0 Å². The van der Waals surface area contributed by atoms with Crippen molar-refractivity contribution in [2.75, 3.05) is 0 Å². The highest BCUT2D eigenvalue weighted by atomic mass is 32.2. The summed E-state index contributed by atoms with van der Waals surface area (Å²) < 4.78 is 64.4. The molecule has 0 radical (unpaired) electrons. The van der Waals surface area contributed by atoms with Gasteiger partial charge in [-0.25, -0.2) is 13.1 Å². The molecule has 0 bridgehead atoms. The lowest BCUT2D eigenvalue weighted by molar-refractivity contribution is -0.137. The first-order valence-electron chi connectivity index (χ1n) is 5.71. The van der Waals surface area contributed by atoms with Crippen molar-refractivity contribution in [3.8, 4) is 0 Å². The van der Waals surface area contributed by atoms with Gasteiger partial charge in [-0.05, 0) is 30.4 Å². The van der Waals surface area contributed by atoms with Gasteiger partial charge in [0, 0.05) is 6.04 Å². The third-order valence-electron chi connectivity index (χ3n) is 2.82. The fraction of sp³-hybridized carbons (Fsp3) is 0.400. The SMILES string of the molecule is O=S(=O)(NC1CC1)c1ccc(B(O)O)c(C(F)(F)F)c1. The molecule has 0 aromatic heterocycles. The van der Waals surface area contributed by atoms with Crippen LogP contribution in [0.15, 0.2) is 23.1 Å². The second-order valence-corrected chi connectivity index (χ2v) is 6.23. The third-order valence-corrected chi connectivity index (χ3v) is 4.34. The minimum Gasteiger partial charge on any atom is -0.423 e. The monoisotopic (exact) mass is 309 g/mol. The van der Waals surface area contributed by atoms with Crippen LogP contribution in [0.4, 0.5) is 13.2 Å². The Hall–Kier alpha value is -1.10. The van der Waals surface area contributed by atoms with Gasteiger partial charge in [-0.3, -0.25) is 0 Å². The summed E-state index contributed by atoms with van der Waals surface area (Å²) in [6, 6.07) is 1.82. The summed E-state index contributed by atoms with van der Waals surface area (Å²) in [7, 11) is -6.37. The van der Waals surface area contributed by atoms with Gasteiger partial charge in [0.1, 0.15) is 0 Å². The van der Waals surface area contributed by atoms with Gasteiger partial charge in [0.25, 0.3) is 0 Å². The fourth-order valence-corrected chi connectivity index (χ4v) is 2.99.